The fourth-order valence-electron chi connectivity index (χ4n) is 15.5. The minimum absolute atomic E-state index is 0.0183. The van der Waals surface area contributed by atoms with Crippen molar-refractivity contribution in [2.45, 2.75) is 142 Å². The third kappa shape index (κ3) is 8.77. The Morgan fingerprint density at radius 3 is 1.92 bits per heavy atom. The molecule has 75 heavy (non-hydrogen) atoms. The summed E-state index contributed by atoms with van der Waals surface area (Å²) in [5, 5.41) is 45.3. The lowest BCUT2D eigenvalue weighted by molar-refractivity contribution is -0.168. The molecule has 0 spiro atoms. The molecular weight excluding hydrogens is 941 g/mol. The summed E-state index contributed by atoms with van der Waals surface area (Å²) >= 11 is 0. The number of hydrogen-bond donors (Lipinski definition) is 2. The molecule has 7 aliphatic rings. The van der Waals surface area contributed by atoms with Gasteiger partial charge in [-0.3, -0.25) is 9.59 Å². The molecular formula is C59H68N12O4. The quantitative estimate of drug-likeness (QED) is 0.150. The van der Waals surface area contributed by atoms with E-state index in [1.807, 2.05) is 65.3 Å². The third-order valence-corrected chi connectivity index (χ3v) is 19.1. The lowest BCUT2D eigenvalue weighted by atomic mass is 9.40. The smallest absolute Gasteiger partial charge is 0.347 e. The van der Waals surface area contributed by atoms with Crippen LogP contribution in [0.5, 0.6) is 0 Å². The highest BCUT2D eigenvalue weighted by Crippen LogP contribution is 2.64. The van der Waals surface area contributed by atoms with Gasteiger partial charge in [-0.25, -0.2) is 9.59 Å². The Morgan fingerprint density at radius 2 is 1.27 bits per heavy atom. The molecule has 4 amide bonds. The van der Waals surface area contributed by atoms with Crippen LogP contribution in [0.2, 0.25) is 0 Å². The summed E-state index contributed by atoms with van der Waals surface area (Å²) in [7, 11) is 0. The van der Waals surface area contributed by atoms with E-state index < -0.39 is 6.03 Å². The number of hydrogen-bond acceptors (Lipinski definition) is 10. The van der Waals surface area contributed by atoms with Crippen molar-refractivity contribution >= 4 is 23.9 Å². The summed E-state index contributed by atoms with van der Waals surface area (Å²) in [4.78, 5) is 61.3. The molecule has 0 radical (unpaired) electrons. The molecule has 16 heteroatoms. The maximum absolute atomic E-state index is 14.9. The number of fused-ring (bicyclic) bond motifs is 4. The molecule has 4 heterocycles. The summed E-state index contributed by atoms with van der Waals surface area (Å²) in [5.74, 6) is 1.95. The average Bonchev–Trinajstić information content (AvgIpc) is 4.11. The van der Waals surface area contributed by atoms with Gasteiger partial charge in [-0.2, -0.15) is 19.9 Å². The molecule has 388 valence electrons. The predicted molar refractivity (Wildman–Crippen MR) is 281 cm³/mol. The number of nitriles is 2. The highest BCUT2D eigenvalue weighted by atomic mass is 16.2. The van der Waals surface area contributed by atoms with Crippen molar-refractivity contribution in [2.24, 2.45) is 40.9 Å². The second-order valence-corrected chi connectivity index (χ2v) is 23.3. The first kappa shape index (κ1) is 50.0. The number of nitrogens with one attached hydrogen (secondary N) is 2. The second-order valence-electron chi connectivity index (χ2n) is 23.3. The van der Waals surface area contributed by atoms with E-state index in [2.05, 4.69) is 71.1 Å². The van der Waals surface area contributed by atoms with E-state index in [-0.39, 0.29) is 88.0 Å². The van der Waals surface area contributed by atoms with Gasteiger partial charge in [0.05, 0.1) is 6.04 Å². The Labute approximate surface area is 439 Å². The van der Waals surface area contributed by atoms with Crippen molar-refractivity contribution in [1.29, 1.82) is 10.5 Å². The summed E-state index contributed by atoms with van der Waals surface area (Å²) in [6, 6.07) is 25.9. The van der Waals surface area contributed by atoms with Gasteiger partial charge in [0.2, 0.25) is 0 Å². The minimum Gasteiger partial charge on any atom is -0.349 e. The molecule has 2 aliphatic heterocycles. The highest BCUT2D eigenvalue weighted by Gasteiger charge is 2.61. The van der Waals surface area contributed by atoms with E-state index in [0.717, 1.165) is 84.7 Å². The van der Waals surface area contributed by atoms with Crippen LogP contribution in [0.3, 0.4) is 0 Å². The summed E-state index contributed by atoms with van der Waals surface area (Å²) in [6.07, 6.45) is 11.1. The SMILES string of the molecule is CC(NC(=O)c1ccccc1-c1nnn(C(=O)N2CCCC3CC(c4ccc(-c5nnn(C(=O)N6CCCC7CCCCC76)c5C#N)c(C(=O)NC5CC6C(C)C(C5C)C6(C)C)c4)CCC32)c1C#N)c1ccccc1. The lowest BCUT2D eigenvalue weighted by Gasteiger charge is -2.66. The normalized spacial score (nSPS) is 28.0. The molecule has 2 N–H and O–H groups in total. The van der Waals surface area contributed by atoms with Crippen LogP contribution in [0.1, 0.15) is 167 Å². The van der Waals surface area contributed by atoms with Gasteiger partial charge in [0, 0.05) is 53.5 Å². The molecule has 11 unspecified atom stereocenters. The monoisotopic (exact) mass is 1010 g/mol. The van der Waals surface area contributed by atoms with E-state index in [0.29, 0.717) is 65.4 Å². The second kappa shape index (κ2) is 20.2. The molecule has 2 bridgehead atoms. The molecule has 12 rings (SSSR count). The zero-order valence-electron chi connectivity index (χ0n) is 43.8. The molecule has 5 aromatic rings. The van der Waals surface area contributed by atoms with E-state index in [9.17, 15) is 29.7 Å². The Bertz CT molecular complexity index is 3110. The molecule has 5 aliphatic carbocycles. The topological polar surface area (TPSA) is 208 Å². The number of carbonyl (C=O) groups excluding carboxylic acids is 4. The summed E-state index contributed by atoms with van der Waals surface area (Å²) < 4.78 is 2.25. The first-order valence-electron chi connectivity index (χ1n) is 27.5. The largest absolute Gasteiger partial charge is 0.349 e. The van der Waals surface area contributed by atoms with Gasteiger partial charge in [0.15, 0.2) is 11.4 Å². The van der Waals surface area contributed by atoms with Crippen molar-refractivity contribution in [3.8, 4) is 34.7 Å². The standard InChI is InChI=1S/C59H68N12O4/c1-34-46-31-47(35(2)52(34)59(46,4)5)63-56(73)45-30-40(23-25-43(45)54-51(33-61)71(67-65-54)57(74)68-27-13-18-38-17-9-12-22-48(38)68)39-24-26-49-41(29-39)19-14-28-69(49)58(75)70-50(32-60)53(64-66-70)42-20-10-11-21-44(42)55(72)62-36(3)37-15-7-6-8-16-37/h6-8,10-11,15-16,20-21,23,25,30,34-36,38-39,41,46-49,52H,9,12-14,17-19,22,24,26-29,31H2,1-5H3,(H,62,72)(H,63,73). The highest BCUT2D eigenvalue weighted by molar-refractivity contribution is 6.02. The Balaban J connectivity index is 0.850. The van der Waals surface area contributed by atoms with Crippen molar-refractivity contribution in [3.63, 3.8) is 0 Å². The van der Waals surface area contributed by atoms with Crippen LogP contribution in [0, 0.1) is 63.6 Å². The van der Waals surface area contributed by atoms with Gasteiger partial charge in [-0.05, 0) is 141 Å². The molecule has 2 aromatic heterocycles. The van der Waals surface area contributed by atoms with Gasteiger partial charge in [0.1, 0.15) is 23.5 Å². The van der Waals surface area contributed by atoms with Gasteiger partial charge in [-0.1, -0.05) is 112 Å². The van der Waals surface area contributed by atoms with E-state index in [1.54, 1.807) is 24.3 Å². The van der Waals surface area contributed by atoms with Crippen molar-refractivity contribution in [1.82, 2.24) is 50.4 Å². The number of carbonyl (C=O) groups is 4. The van der Waals surface area contributed by atoms with Crippen molar-refractivity contribution in [2.75, 3.05) is 13.1 Å². The number of piperidine rings is 2. The maximum atomic E-state index is 14.9. The van der Waals surface area contributed by atoms with E-state index in [4.69, 9.17) is 0 Å². The molecule has 11 atom stereocenters. The number of amides is 4. The zero-order chi connectivity index (χ0) is 52.3. The van der Waals surface area contributed by atoms with Crippen LogP contribution >= 0.6 is 0 Å². The average molecular weight is 1010 g/mol. The zero-order valence-corrected chi connectivity index (χ0v) is 43.8. The first-order chi connectivity index (χ1) is 36.3. The van der Waals surface area contributed by atoms with Gasteiger partial charge in [0.25, 0.3) is 11.8 Å². The number of benzene rings is 3. The Hall–Kier alpha value is -7.20. The molecule has 7 fully saturated rings. The molecule has 3 aromatic carbocycles. The van der Waals surface area contributed by atoms with Gasteiger partial charge < -0.3 is 20.4 Å². The van der Waals surface area contributed by atoms with Crippen molar-refractivity contribution in [3.05, 3.63) is 106 Å². The maximum Gasteiger partial charge on any atom is 0.347 e. The van der Waals surface area contributed by atoms with Gasteiger partial charge >= 0.3 is 12.1 Å². The Morgan fingerprint density at radius 1 is 0.667 bits per heavy atom. The van der Waals surface area contributed by atoms with Gasteiger partial charge in [-0.15, -0.1) is 10.2 Å². The lowest BCUT2D eigenvalue weighted by Crippen LogP contribution is -2.65. The van der Waals surface area contributed by atoms with Crippen LogP contribution in [-0.2, 0) is 0 Å². The molecule has 5 saturated carbocycles. The van der Waals surface area contributed by atoms with Crippen molar-refractivity contribution < 1.29 is 19.2 Å². The summed E-state index contributed by atoms with van der Waals surface area (Å²) in [5.41, 5.74) is 4.12. The number of nitrogens with zero attached hydrogens (tertiary/aromatic N) is 10. The Kier molecular flexibility index (Phi) is 13.4. The van der Waals surface area contributed by atoms with Crippen LogP contribution in [0.15, 0.2) is 72.8 Å². The van der Waals surface area contributed by atoms with Crippen LogP contribution in [0.25, 0.3) is 22.5 Å². The van der Waals surface area contributed by atoms with E-state index in [1.165, 1.54) is 6.42 Å². The molecule has 2 saturated heterocycles. The first-order valence-corrected chi connectivity index (χ1v) is 27.5. The minimum atomic E-state index is -0.424. The van der Waals surface area contributed by atoms with Crippen LogP contribution < -0.4 is 10.6 Å². The fraction of sp³-hybridized carbons (Fsp3) is 0.525. The number of likely N-dealkylation sites (tertiary alicyclic amines) is 2. The predicted octanol–water partition coefficient (Wildman–Crippen LogP) is 10.1. The fourth-order valence-corrected chi connectivity index (χ4v) is 15.5. The summed E-state index contributed by atoms with van der Waals surface area (Å²) in [6.45, 7) is 12.3. The number of rotatable bonds is 8. The van der Waals surface area contributed by atoms with E-state index >= 15 is 0 Å². The third-order valence-electron chi connectivity index (χ3n) is 19.1. The number of aromatic nitrogens is 6. The van der Waals surface area contributed by atoms with Crippen LogP contribution in [0.4, 0.5) is 9.59 Å². The molecule has 16 nitrogen and oxygen atoms in total. The van der Waals surface area contributed by atoms with Crippen LogP contribution in [-0.4, -0.2) is 94.9 Å².